The number of nitrogens with zero attached hydrogens (tertiary/aromatic N) is 1. The van der Waals surface area contributed by atoms with Gasteiger partial charge >= 0.3 is 0 Å². The van der Waals surface area contributed by atoms with Crippen LogP contribution in [0.25, 0.3) is 0 Å². The second-order valence-electron chi connectivity index (χ2n) is 4.41. The Bertz CT molecular complexity index is 713. The van der Waals surface area contributed by atoms with Crippen molar-refractivity contribution < 1.29 is 14.6 Å². The van der Waals surface area contributed by atoms with Crippen LogP contribution in [0.3, 0.4) is 0 Å². The second-order valence-corrected chi connectivity index (χ2v) is 4.41. The number of carbonyl (C=O) groups excluding carboxylic acids is 1. The Morgan fingerprint density at radius 3 is 2.76 bits per heavy atom. The zero-order valence-corrected chi connectivity index (χ0v) is 11.0. The van der Waals surface area contributed by atoms with Crippen molar-refractivity contribution in [3.8, 4) is 11.5 Å². The number of carbonyl (C=O) groups is 1. The summed E-state index contributed by atoms with van der Waals surface area (Å²) < 4.78 is 5.50. The third-order valence-electron chi connectivity index (χ3n) is 2.95. The van der Waals surface area contributed by atoms with Crippen molar-refractivity contribution in [2.75, 3.05) is 6.61 Å². The van der Waals surface area contributed by atoms with Gasteiger partial charge < -0.3 is 9.84 Å². The summed E-state index contributed by atoms with van der Waals surface area (Å²) in [6.07, 6.45) is 0. The number of para-hydroxylation sites is 3. The highest BCUT2D eigenvalue weighted by Gasteiger charge is 2.14. The van der Waals surface area contributed by atoms with Gasteiger partial charge in [-0.2, -0.15) is 0 Å². The zero-order chi connectivity index (χ0) is 14.7. The average molecular weight is 283 g/mol. The highest BCUT2D eigenvalue weighted by molar-refractivity contribution is 5.98. The van der Waals surface area contributed by atoms with E-state index in [-0.39, 0.29) is 17.9 Å². The molecule has 21 heavy (non-hydrogen) atoms. The van der Waals surface area contributed by atoms with Gasteiger partial charge in [-0.3, -0.25) is 15.6 Å². The smallest absolute Gasteiger partial charge is 0.273 e. The van der Waals surface area contributed by atoms with Crippen LogP contribution in [0, 0.1) is 0 Å². The lowest BCUT2D eigenvalue weighted by atomic mass is 10.2. The molecule has 0 spiro atoms. The van der Waals surface area contributed by atoms with Crippen molar-refractivity contribution in [2.45, 2.75) is 0 Å². The Morgan fingerprint density at radius 1 is 1.14 bits per heavy atom. The molecule has 0 atom stereocenters. The van der Waals surface area contributed by atoms with E-state index >= 15 is 0 Å². The highest BCUT2D eigenvalue weighted by atomic mass is 16.5. The average Bonchev–Trinajstić information content (AvgIpc) is 2.53. The van der Waals surface area contributed by atoms with Crippen molar-refractivity contribution in [3.05, 3.63) is 54.1 Å². The number of hydrogen-bond donors (Lipinski definition) is 3. The van der Waals surface area contributed by atoms with E-state index in [1.807, 2.05) is 24.3 Å². The minimum Gasteiger partial charge on any atom is -0.507 e. The topological polar surface area (TPSA) is 83.0 Å². The number of hydrazine groups is 1. The Hall–Kier alpha value is -3.02. The van der Waals surface area contributed by atoms with E-state index in [4.69, 9.17) is 4.74 Å². The molecule has 0 fully saturated rings. The molecule has 0 saturated carbocycles. The number of fused-ring (bicyclic) bond motifs is 1. The fourth-order valence-corrected chi connectivity index (χ4v) is 1.92. The molecule has 3 N–H and O–H groups in total. The normalized spacial score (nSPS) is 12.7. The van der Waals surface area contributed by atoms with Crippen molar-refractivity contribution in [3.63, 3.8) is 0 Å². The van der Waals surface area contributed by atoms with Crippen molar-refractivity contribution >= 4 is 17.4 Å². The number of aliphatic imine (C=N–C) groups is 1. The van der Waals surface area contributed by atoms with Crippen LogP contribution >= 0.6 is 0 Å². The van der Waals surface area contributed by atoms with Crippen molar-refractivity contribution in [1.82, 2.24) is 10.9 Å². The summed E-state index contributed by atoms with van der Waals surface area (Å²) in [4.78, 5) is 16.3. The van der Waals surface area contributed by atoms with Crippen LogP contribution in [0.4, 0.5) is 5.69 Å². The van der Waals surface area contributed by atoms with Crippen LogP contribution in [-0.4, -0.2) is 23.5 Å². The summed E-state index contributed by atoms with van der Waals surface area (Å²) in [6.45, 7) is 0.234. The molecule has 1 heterocycles. The fourth-order valence-electron chi connectivity index (χ4n) is 1.92. The molecule has 6 heteroatoms. The minimum atomic E-state index is -0.449. The van der Waals surface area contributed by atoms with Crippen LogP contribution in [0.1, 0.15) is 10.4 Å². The van der Waals surface area contributed by atoms with Crippen LogP contribution < -0.4 is 15.6 Å². The van der Waals surface area contributed by atoms with E-state index in [1.165, 1.54) is 12.1 Å². The van der Waals surface area contributed by atoms with Crippen molar-refractivity contribution in [1.29, 1.82) is 0 Å². The molecule has 0 radical (unpaired) electrons. The summed E-state index contributed by atoms with van der Waals surface area (Å²) >= 11 is 0. The van der Waals surface area contributed by atoms with Crippen LogP contribution in [-0.2, 0) is 0 Å². The molecule has 6 nitrogen and oxygen atoms in total. The number of phenolic OH excluding ortho intramolecular Hbond substituents is 1. The first-order valence-electron chi connectivity index (χ1n) is 6.38. The van der Waals surface area contributed by atoms with Gasteiger partial charge in [0.25, 0.3) is 5.91 Å². The molecule has 0 aliphatic carbocycles. The summed E-state index contributed by atoms with van der Waals surface area (Å²) in [5.74, 6) is 0.659. The molecule has 1 aliphatic rings. The molecule has 3 rings (SSSR count). The minimum absolute atomic E-state index is 0.0796. The number of benzene rings is 2. The number of ether oxygens (including phenoxy) is 1. The lowest BCUT2D eigenvalue weighted by Gasteiger charge is -2.18. The van der Waals surface area contributed by atoms with E-state index in [0.29, 0.717) is 17.3 Å². The molecule has 2 aromatic carbocycles. The van der Waals surface area contributed by atoms with E-state index in [1.54, 1.807) is 12.1 Å². The predicted molar refractivity (Wildman–Crippen MR) is 77.7 cm³/mol. The lowest BCUT2D eigenvalue weighted by molar-refractivity contribution is 0.0940. The Kier molecular flexibility index (Phi) is 3.42. The number of amides is 1. The van der Waals surface area contributed by atoms with E-state index < -0.39 is 5.91 Å². The van der Waals surface area contributed by atoms with E-state index in [9.17, 15) is 9.90 Å². The van der Waals surface area contributed by atoms with Crippen molar-refractivity contribution in [2.24, 2.45) is 4.99 Å². The predicted octanol–water partition coefficient (Wildman–Crippen LogP) is 1.75. The lowest BCUT2D eigenvalue weighted by Crippen LogP contribution is -2.44. The van der Waals surface area contributed by atoms with Gasteiger partial charge in [0.05, 0.1) is 5.56 Å². The third-order valence-corrected chi connectivity index (χ3v) is 2.95. The molecule has 0 bridgehead atoms. The first-order chi connectivity index (χ1) is 10.2. The SMILES string of the molecule is O=C(NNC1=Nc2ccccc2OC1)c1ccccc1O. The Morgan fingerprint density at radius 2 is 1.90 bits per heavy atom. The van der Waals surface area contributed by atoms with Gasteiger partial charge in [-0.05, 0) is 24.3 Å². The van der Waals surface area contributed by atoms with Gasteiger partial charge in [-0.25, -0.2) is 4.99 Å². The molecular weight excluding hydrogens is 270 g/mol. The molecule has 2 aromatic rings. The van der Waals surface area contributed by atoms with Gasteiger partial charge in [0.1, 0.15) is 23.8 Å². The summed E-state index contributed by atoms with van der Waals surface area (Å²) in [6, 6.07) is 13.7. The quantitative estimate of drug-likeness (QED) is 0.696. The van der Waals surface area contributed by atoms with Gasteiger partial charge in [-0.1, -0.05) is 24.3 Å². The molecule has 1 aliphatic heterocycles. The van der Waals surface area contributed by atoms with Gasteiger partial charge in [-0.15, -0.1) is 0 Å². The number of amidine groups is 1. The number of hydrogen-bond acceptors (Lipinski definition) is 5. The first-order valence-corrected chi connectivity index (χ1v) is 6.38. The maximum atomic E-state index is 11.9. The maximum Gasteiger partial charge on any atom is 0.273 e. The summed E-state index contributed by atoms with van der Waals surface area (Å²) in [7, 11) is 0. The largest absolute Gasteiger partial charge is 0.507 e. The summed E-state index contributed by atoms with van der Waals surface area (Å²) in [5.41, 5.74) is 6.06. The number of aromatic hydroxyl groups is 1. The Balaban J connectivity index is 1.68. The second kappa shape index (κ2) is 5.54. The maximum absolute atomic E-state index is 11.9. The number of nitrogens with one attached hydrogen (secondary N) is 2. The molecule has 1 amide bonds. The van der Waals surface area contributed by atoms with Crippen LogP contribution in [0.5, 0.6) is 11.5 Å². The van der Waals surface area contributed by atoms with Gasteiger partial charge in [0.15, 0.2) is 5.84 Å². The number of rotatable bonds is 1. The standard InChI is InChI=1S/C15H13N3O3/c19-12-7-3-1-5-10(12)15(20)18-17-14-9-21-13-8-4-2-6-11(13)16-14/h1-8,19H,9H2,(H,16,17)(H,18,20). The Labute approximate surface area is 121 Å². The van der Waals surface area contributed by atoms with E-state index in [2.05, 4.69) is 15.8 Å². The monoisotopic (exact) mass is 283 g/mol. The first kappa shape index (κ1) is 13.0. The van der Waals surface area contributed by atoms with Gasteiger partial charge in [0, 0.05) is 0 Å². The molecule has 0 unspecified atom stereocenters. The fraction of sp³-hybridized carbons (Fsp3) is 0.0667. The van der Waals surface area contributed by atoms with E-state index in [0.717, 1.165) is 0 Å². The van der Waals surface area contributed by atoms with Gasteiger partial charge in [0.2, 0.25) is 0 Å². The molecular formula is C15H13N3O3. The molecule has 0 saturated heterocycles. The van der Waals surface area contributed by atoms with Crippen LogP contribution in [0.2, 0.25) is 0 Å². The molecule has 106 valence electrons. The molecule has 0 aromatic heterocycles. The number of phenols is 1. The third kappa shape index (κ3) is 2.79. The highest BCUT2D eigenvalue weighted by Crippen LogP contribution is 2.29. The van der Waals surface area contributed by atoms with Crippen LogP contribution in [0.15, 0.2) is 53.5 Å². The summed E-state index contributed by atoms with van der Waals surface area (Å²) in [5, 5.41) is 9.60. The zero-order valence-electron chi connectivity index (χ0n) is 11.0.